The summed E-state index contributed by atoms with van der Waals surface area (Å²) in [6, 6.07) is 16.0. The number of fused-ring (bicyclic) bond motifs is 1. The minimum atomic E-state index is -0.0365. The number of hydrogen-bond acceptors (Lipinski definition) is 2. The second-order valence-corrected chi connectivity index (χ2v) is 6.53. The van der Waals surface area contributed by atoms with E-state index in [9.17, 15) is 4.79 Å². The highest BCUT2D eigenvalue weighted by Crippen LogP contribution is 2.27. The van der Waals surface area contributed by atoms with Crippen LogP contribution in [0.1, 0.15) is 30.9 Å². The summed E-state index contributed by atoms with van der Waals surface area (Å²) in [6.07, 6.45) is 0.890. The molecule has 0 unspecified atom stereocenters. The van der Waals surface area contributed by atoms with Crippen LogP contribution in [0.5, 0.6) is 0 Å². The van der Waals surface area contributed by atoms with Crippen LogP contribution in [-0.4, -0.2) is 25.0 Å². The zero-order chi connectivity index (χ0) is 17.8. The molecule has 0 aliphatic carbocycles. The van der Waals surface area contributed by atoms with Crippen molar-refractivity contribution in [1.29, 1.82) is 0 Å². The number of nitrogens with zero attached hydrogens (tertiary/aromatic N) is 2. The van der Waals surface area contributed by atoms with Crippen molar-refractivity contribution in [2.45, 2.75) is 26.2 Å². The van der Waals surface area contributed by atoms with Gasteiger partial charge in [-0.05, 0) is 41.7 Å². The topological polar surface area (TPSA) is 70.7 Å². The molecule has 0 saturated carbocycles. The van der Waals surface area contributed by atoms with E-state index in [1.165, 1.54) is 11.1 Å². The van der Waals surface area contributed by atoms with E-state index in [-0.39, 0.29) is 42.4 Å². The first kappa shape index (κ1) is 20.2. The third-order valence-corrected chi connectivity index (χ3v) is 4.40. The van der Waals surface area contributed by atoms with Crippen molar-refractivity contribution < 1.29 is 4.79 Å². The first-order valence-corrected chi connectivity index (χ1v) is 8.60. The number of carbonyl (C=O) groups excluding carboxylic acids is 1. The van der Waals surface area contributed by atoms with Crippen molar-refractivity contribution in [2.75, 3.05) is 23.3 Å². The average molecular weight is 464 g/mol. The maximum atomic E-state index is 12.4. The summed E-state index contributed by atoms with van der Waals surface area (Å²) in [5, 5.41) is 3.06. The molecule has 0 bridgehead atoms. The van der Waals surface area contributed by atoms with Crippen LogP contribution in [0.15, 0.2) is 53.5 Å². The number of nitrogens with two attached hydrogens (primary N) is 1. The zero-order valence-corrected chi connectivity index (χ0v) is 17.4. The number of amides is 1. The molecule has 2 aromatic carbocycles. The smallest absolute Gasteiger partial charge is 0.248 e. The highest BCUT2D eigenvalue weighted by Gasteiger charge is 2.23. The fourth-order valence-corrected chi connectivity index (χ4v) is 3.00. The summed E-state index contributed by atoms with van der Waals surface area (Å²) in [6.45, 7) is 5.03. The maximum absolute atomic E-state index is 12.4. The average Bonchev–Trinajstić information content (AvgIpc) is 3.04. The number of aliphatic imine (C=N–C) groups is 1. The van der Waals surface area contributed by atoms with E-state index in [0.717, 1.165) is 17.8 Å². The molecule has 3 N–H and O–H groups in total. The van der Waals surface area contributed by atoms with E-state index in [1.807, 2.05) is 36.4 Å². The number of hydrogen-bond donors (Lipinski definition) is 2. The number of benzene rings is 2. The summed E-state index contributed by atoms with van der Waals surface area (Å²) >= 11 is 0. The predicted octanol–water partition coefficient (Wildman–Crippen LogP) is 3.74. The minimum Gasteiger partial charge on any atom is -0.370 e. The van der Waals surface area contributed by atoms with Crippen LogP contribution in [0.3, 0.4) is 0 Å². The highest BCUT2D eigenvalue weighted by atomic mass is 127. The van der Waals surface area contributed by atoms with Crippen LogP contribution in [0.2, 0.25) is 0 Å². The molecule has 1 aliphatic rings. The Bertz CT molecular complexity index is 804. The van der Waals surface area contributed by atoms with Gasteiger partial charge in [0, 0.05) is 17.9 Å². The van der Waals surface area contributed by atoms with Crippen LogP contribution in [-0.2, 0) is 11.2 Å². The van der Waals surface area contributed by atoms with Crippen molar-refractivity contribution in [3.8, 4) is 0 Å². The highest BCUT2D eigenvalue weighted by molar-refractivity contribution is 14.0. The molecule has 0 radical (unpaired) electrons. The number of rotatable bonds is 4. The Kier molecular flexibility index (Phi) is 7.02. The molecule has 0 fully saturated rings. The van der Waals surface area contributed by atoms with Gasteiger partial charge in [0.25, 0.3) is 0 Å². The standard InChI is InChI=1S/C20H24N4O.HI/c1-14(2)16-7-5-8-17(12-16)23-20(21)22-13-19(25)24-11-10-15-6-3-4-9-18(15)24;/h3-9,12,14H,10-11,13H2,1-2H3,(H3,21,22,23);1H. The Labute approximate surface area is 171 Å². The molecular formula is C20H25IN4O. The van der Waals surface area contributed by atoms with Crippen LogP contribution < -0.4 is 16.0 Å². The molecular weight excluding hydrogens is 439 g/mol. The molecule has 1 aliphatic heterocycles. The minimum absolute atomic E-state index is 0. The van der Waals surface area contributed by atoms with Crippen LogP contribution >= 0.6 is 24.0 Å². The Morgan fingerprint density at radius 3 is 2.77 bits per heavy atom. The van der Waals surface area contributed by atoms with E-state index in [4.69, 9.17) is 5.73 Å². The molecule has 0 atom stereocenters. The third-order valence-electron chi connectivity index (χ3n) is 4.40. The summed E-state index contributed by atoms with van der Waals surface area (Å²) in [5.74, 6) is 0.657. The van der Waals surface area contributed by atoms with E-state index >= 15 is 0 Å². The number of halogens is 1. The molecule has 138 valence electrons. The Morgan fingerprint density at radius 1 is 1.23 bits per heavy atom. The number of carbonyl (C=O) groups is 1. The molecule has 3 rings (SSSR count). The fourth-order valence-electron chi connectivity index (χ4n) is 3.00. The van der Waals surface area contributed by atoms with Crippen molar-refractivity contribution in [2.24, 2.45) is 10.7 Å². The monoisotopic (exact) mass is 464 g/mol. The van der Waals surface area contributed by atoms with Gasteiger partial charge in [0.15, 0.2) is 5.96 Å². The Morgan fingerprint density at radius 2 is 2.00 bits per heavy atom. The second-order valence-electron chi connectivity index (χ2n) is 6.53. The van der Waals surface area contributed by atoms with Crippen LogP contribution in [0.25, 0.3) is 0 Å². The van der Waals surface area contributed by atoms with Crippen molar-refractivity contribution in [1.82, 2.24) is 0 Å². The SMILES string of the molecule is CC(C)c1cccc(NC(N)=NCC(=O)N2CCc3ccccc32)c1.I. The lowest BCUT2D eigenvalue weighted by atomic mass is 10.0. The van der Waals surface area contributed by atoms with E-state index in [0.29, 0.717) is 12.5 Å². The summed E-state index contributed by atoms with van der Waals surface area (Å²) in [5.41, 5.74) is 10.2. The van der Waals surface area contributed by atoms with Crippen LogP contribution in [0, 0.1) is 0 Å². The van der Waals surface area contributed by atoms with Gasteiger partial charge in [-0.2, -0.15) is 0 Å². The van der Waals surface area contributed by atoms with Gasteiger partial charge in [-0.3, -0.25) is 4.79 Å². The summed E-state index contributed by atoms with van der Waals surface area (Å²) < 4.78 is 0. The van der Waals surface area contributed by atoms with Gasteiger partial charge in [0.2, 0.25) is 5.91 Å². The van der Waals surface area contributed by atoms with Gasteiger partial charge >= 0.3 is 0 Å². The lowest BCUT2D eigenvalue weighted by Crippen LogP contribution is -2.32. The zero-order valence-electron chi connectivity index (χ0n) is 15.1. The second kappa shape index (κ2) is 9.02. The number of anilines is 2. The van der Waals surface area contributed by atoms with Gasteiger partial charge in [0.1, 0.15) is 6.54 Å². The number of guanidine groups is 1. The summed E-state index contributed by atoms with van der Waals surface area (Å²) in [7, 11) is 0. The van der Waals surface area contributed by atoms with Gasteiger partial charge in [-0.15, -0.1) is 24.0 Å². The van der Waals surface area contributed by atoms with Crippen LogP contribution in [0.4, 0.5) is 11.4 Å². The van der Waals surface area contributed by atoms with Crippen molar-refractivity contribution >= 4 is 47.2 Å². The number of para-hydroxylation sites is 1. The van der Waals surface area contributed by atoms with Gasteiger partial charge in [0.05, 0.1) is 0 Å². The van der Waals surface area contributed by atoms with E-state index < -0.39 is 0 Å². The lowest BCUT2D eigenvalue weighted by Gasteiger charge is -2.16. The lowest BCUT2D eigenvalue weighted by molar-refractivity contribution is -0.117. The Hall–Kier alpha value is -2.09. The first-order valence-electron chi connectivity index (χ1n) is 8.60. The molecule has 6 heteroatoms. The Balaban J connectivity index is 0.00000243. The van der Waals surface area contributed by atoms with Gasteiger partial charge < -0.3 is 16.0 Å². The largest absolute Gasteiger partial charge is 0.370 e. The first-order chi connectivity index (χ1) is 12.0. The maximum Gasteiger partial charge on any atom is 0.248 e. The molecule has 2 aromatic rings. The quantitative estimate of drug-likeness (QED) is 0.412. The number of nitrogens with one attached hydrogen (secondary N) is 1. The van der Waals surface area contributed by atoms with E-state index in [1.54, 1.807) is 4.90 Å². The third kappa shape index (κ3) is 4.75. The molecule has 0 spiro atoms. The summed E-state index contributed by atoms with van der Waals surface area (Å²) in [4.78, 5) is 18.4. The molecule has 0 saturated heterocycles. The van der Waals surface area contributed by atoms with Crippen molar-refractivity contribution in [3.05, 3.63) is 59.7 Å². The molecule has 1 amide bonds. The molecule has 1 heterocycles. The van der Waals surface area contributed by atoms with Crippen molar-refractivity contribution in [3.63, 3.8) is 0 Å². The fraction of sp³-hybridized carbons (Fsp3) is 0.300. The predicted molar refractivity (Wildman–Crippen MR) is 119 cm³/mol. The van der Waals surface area contributed by atoms with E-state index in [2.05, 4.69) is 36.3 Å². The van der Waals surface area contributed by atoms with Gasteiger partial charge in [-0.25, -0.2) is 4.99 Å². The van der Waals surface area contributed by atoms with Gasteiger partial charge in [-0.1, -0.05) is 44.2 Å². The molecule has 0 aromatic heterocycles. The normalized spacial score (nSPS) is 13.3. The molecule has 26 heavy (non-hydrogen) atoms. The molecule has 5 nitrogen and oxygen atoms in total.